The van der Waals surface area contributed by atoms with Gasteiger partial charge in [0.1, 0.15) is 0 Å². The number of unbranched alkanes of at least 4 members (excludes halogenated alkanes) is 4. The number of carbonyl (C=O) groups excluding carboxylic acids is 1. The maximum atomic E-state index is 12.9. The third-order valence-corrected chi connectivity index (χ3v) is 7.08. The van der Waals surface area contributed by atoms with E-state index in [-0.39, 0.29) is 10.8 Å². The molecule has 0 saturated heterocycles. The Kier molecular flexibility index (Phi) is 8.79. The number of carbonyl (C=O) groups is 1. The Morgan fingerprint density at radius 2 is 1.88 bits per heavy atom. The van der Waals surface area contributed by atoms with Crippen molar-refractivity contribution in [3.8, 4) is 11.3 Å². The Morgan fingerprint density at radius 1 is 1.09 bits per heavy atom. The molecule has 1 heterocycles. The highest BCUT2D eigenvalue weighted by molar-refractivity contribution is 7.92. The van der Waals surface area contributed by atoms with Crippen LogP contribution in [0.25, 0.3) is 17.3 Å². The zero-order chi connectivity index (χ0) is 23.7. The van der Waals surface area contributed by atoms with Crippen LogP contribution in [-0.2, 0) is 14.8 Å². The Morgan fingerprint density at radius 3 is 2.61 bits per heavy atom. The summed E-state index contributed by atoms with van der Waals surface area (Å²) >= 11 is 1.31. The molecule has 174 valence electrons. The van der Waals surface area contributed by atoms with Crippen molar-refractivity contribution in [1.29, 1.82) is 0 Å². The molecule has 0 atom stereocenters. The van der Waals surface area contributed by atoms with Crippen LogP contribution in [0.4, 0.5) is 10.8 Å². The first-order chi connectivity index (χ1) is 15.9. The van der Waals surface area contributed by atoms with Gasteiger partial charge in [0.15, 0.2) is 5.13 Å². The van der Waals surface area contributed by atoms with Gasteiger partial charge in [0.05, 0.1) is 10.6 Å². The highest BCUT2D eigenvalue weighted by Gasteiger charge is 2.15. The molecule has 1 aromatic heterocycles. The van der Waals surface area contributed by atoms with Gasteiger partial charge in [0.25, 0.3) is 10.0 Å². The van der Waals surface area contributed by atoms with E-state index in [0.29, 0.717) is 16.5 Å². The molecule has 8 heteroatoms. The summed E-state index contributed by atoms with van der Waals surface area (Å²) in [5.74, 6) is -0.189. The summed E-state index contributed by atoms with van der Waals surface area (Å²) in [6.45, 7) is 3.62. The third-order valence-electron chi connectivity index (χ3n) is 4.92. The van der Waals surface area contributed by atoms with Crippen molar-refractivity contribution in [1.82, 2.24) is 4.98 Å². The van der Waals surface area contributed by atoms with E-state index in [9.17, 15) is 13.2 Å². The molecule has 2 N–H and O–H groups in total. The Balaban J connectivity index is 1.65. The summed E-state index contributed by atoms with van der Waals surface area (Å²) in [6.07, 6.45) is 10.1. The average molecular weight is 484 g/mol. The number of anilines is 2. The Labute approximate surface area is 199 Å². The number of allylic oxidation sites excluding steroid dienone is 1. The minimum Gasteiger partial charge on any atom is -0.302 e. The van der Waals surface area contributed by atoms with Gasteiger partial charge < -0.3 is 5.32 Å². The van der Waals surface area contributed by atoms with Gasteiger partial charge in [-0.2, -0.15) is 0 Å². The van der Waals surface area contributed by atoms with E-state index in [4.69, 9.17) is 0 Å². The van der Waals surface area contributed by atoms with Crippen molar-refractivity contribution >= 4 is 44.2 Å². The fourth-order valence-electron chi connectivity index (χ4n) is 3.24. The number of rotatable bonds is 11. The molecule has 0 spiro atoms. The number of thiazole rings is 1. The summed E-state index contributed by atoms with van der Waals surface area (Å²) in [4.78, 5) is 15.8. The van der Waals surface area contributed by atoms with Gasteiger partial charge in [-0.25, -0.2) is 13.4 Å². The molecule has 0 aliphatic carbocycles. The lowest BCUT2D eigenvalue weighted by Crippen LogP contribution is -2.12. The molecular formula is C25H29N3O3S2. The summed E-state index contributed by atoms with van der Waals surface area (Å²) in [7, 11) is -3.72. The van der Waals surface area contributed by atoms with E-state index in [2.05, 4.69) is 28.0 Å². The molecule has 0 bridgehead atoms. The van der Waals surface area contributed by atoms with Gasteiger partial charge in [-0.15, -0.1) is 11.3 Å². The number of nitrogens with one attached hydrogen (secondary N) is 2. The number of nitrogens with zero attached hydrogens (tertiary/aromatic N) is 1. The van der Waals surface area contributed by atoms with E-state index >= 15 is 0 Å². The second-order valence-electron chi connectivity index (χ2n) is 7.73. The van der Waals surface area contributed by atoms with Crippen LogP contribution in [0.1, 0.15) is 51.5 Å². The van der Waals surface area contributed by atoms with Crippen LogP contribution in [0.15, 0.2) is 64.9 Å². The fourth-order valence-corrected chi connectivity index (χ4v) is 5.05. The van der Waals surface area contributed by atoms with E-state index in [1.54, 1.807) is 30.3 Å². The Bertz CT molecular complexity index is 1200. The largest absolute Gasteiger partial charge is 0.302 e. The lowest BCUT2D eigenvalue weighted by molar-refractivity contribution is -0.114. The summed E-state index contributed by atoms with van der Waals surface area (Å²) in [6, 6.07) is 13.9. The van der Waals surface area contributed by atoms with Gasteiger partial charge in [0, 0.05) is 23.6 Å². The molecule has 0 aliphatic rings. The van der Waals surface area contributed by atoms with E-state index in [1.807, 2.05) is 29.7 Å². The van der Waals surface area contributed by atoms with Crippen LogP contribution < -0.4 is 10.0 Å². The molecule has 0 saturated carbocycles. The first-order valence-corrected chi connectivity index (χ1v) is 13.4. The van der Waals surface area contributed by atoms with Crippen molar-refractivity contribution in [2.24, 2.45) is 0 Å². The molecule has 0 unspecified atom stereocenters. The molecule has 2 aromatic carbocycles. The van der Waals surface area contributed by atoms with E-state index in [0.717, 1.165) is 17.5 Å². The summed E-state index contributed by atoms with van der Waals surface area (Å²) in [5, 5.41) is 4.96. The highest BCUT2D eigenvalue weighted by atomic mass is 32.2. The topological polar surface area (TPSA) is 88.2 Å². The first kappa shape index (κ1) is 24.7. The normalized spacial score (nSPS) is 11.6. The highest BCUT2D eigenvalue weighted by Crippen LogP contribution is 2.27. The molecule has 33 heavy (non-hydrogen) atoms. The van der Waals surface area contributed by atoms with Crippen LogP contribution in [0.2, 0.25) is 0 Å². The standard InChI is InChI=1S/C25H29N3O3S2/c1-3-4-5-6-7-8-10-20-13-15-23(16-14-20)33(30,31)28-22-12-9-11-21(17-22)24-18-32-25(27-24)26-19(2)29/h8-18,28H,3-7H2,1-2H3,(H,26,27,29). The van der Waals surface area contributed by atoms with Gasteiger partial charge in [0.2, 0.25) is 5.91 Å². The number of amides is 1. The SMILES string of the molecule is CCCCCCC=Cc1ccc(S(=O)(=O)Nc2cccc(-c3csc(NC(C)=O)n3)c2)cc1. The zero-order valence-corrected chi connectivity index (χ0v) is 20.5. The molecular weight excluding hydrogens is 454 g/mol. The molecule has 3 aromatic rings. The smallest absolute Gasteiger partial charge is 0.261 e. The molecule has 0 fully saturated rings. The predicted octanol–water partition coefficient (Wildman–Crippen LogP) is 6.55. The van der Waals surface area contributed by atoms with Crippen LogP contribution in [0.3, 0.4) is 0 Å². The number of hydrogen-bond donors (Lipinski definition) is 2. The van der Waals surface area contributed by atoms with Gasteiger partial charge >= 0.3 is 0 Å². The van der Waals surface area contributed by atoms with Crippen molar-refractivity contribution in [3.05, 3.63) is 65.6 Å². The second-order valence-corrected chi connectivity index (χ2v) is 10.3. The number of benzene rings is 2. The number of sulfonamides is 1. The maximum Gasteiger partial charge on any atom is 0.261 e. The van der Waals surface area contributed by atoms with Crippen molar-refractivity contribution in [3.63, 3.8) is 0 Å². The lowest BCUT2D eigenvalue weighted by Gasteiger charge is -2.09. The molecule has 0 aliphatic heterocycles. The van der Waals surface area contributed by atoms with Crippen molar-refractivity contribution in [2.75, 3.05) is 10.0 Å². The first-order valence-electron chi connectivity index (χ1n) is 11.0. The second kappa shape index (κ2) is 11.8. The molecule has 0 radical (unpaired) electrons. The average Bonchev–Trinajstić information content (AvgIpc) is 3.24. The summed E-state index contributed by atoms with van der Waals surface area (Å²) < 4.78 is 28.3. The molecule has 3 rings (SSSR count). The maximum absolute atomic E-state index is 12.9. The quantitative estimate of drug-likeness (QED) is 0.303. The van der Waals surface area contributed by atoms with Crippen molar-refractivity contribution < 1.29 is 13.2 Å². The number of hydrogen-bond acceptors (Lipinski definition) is 5. The fraction of sp³-hybridized carbons (Fsp3) is 0.280. The Hall–Kier alpha value is -2.97. The molecule has 6 nitrogen and oxygen atoms in total. The van der Waals surface area contributed by atoms with E-state index in [1.165, 1.54) is 43.9 Å². The lowest BCUT2D eigenvalue weighted by atomic mass is 10.1. The van der Waals surface area contributed by atoms with Gasteiger partial charge in [-0.05, 0) is 42.7 Å². The number of aromatic nitrogens is 1. The van der Waals surface area contributed by atoms with Crippen molar-refractivity contribution in [2.45, 2.75) is 50.8 Å². The van der Waals surface area contributed by atoms with Crippen LogP contribution >= 0.6 is 11.3 Å². The molecule has 1 amide bonds. The minimum absolute atomic E-state index is 0.189. The predicted molar refractivity (Wildman–Crippen MR) is 137 cm³/mol. The van der Waals surface area contributed by atoms with Gasteiger partial charge in [-0.3, -0.25) is 9.52 Å². The summed E-state index contributed by atoms with van der Waals surface area (Å²) in [5.41, 5.74) is 2.83. The van der Waals surface area contributed by atoms with Crippen LogP contribution in [-0.4, -0.2) is 19.3 Å². The van der Waals surface area contributed by atoms with Crippen LogP contribution in [0.5, 0.6) is 0 Å². The van der Waals surface area contributed by atoms with Crippen LogP contribution in [0, 0.1) is 0 Å². The monoisotopic (exact) mass is 483 g/mol. The minimum atomic E-state index is -3.72. The third kappa shape index (κ3) is 7.54. The van der Waals surface area contributed by atoms with E-state index < -0.39 is 10.0 Å². The zero-order valence-electron chi connectivity index (χ0n) is 18.9. The van der Waals surface area contributed by atoms with Gasteiger partial charge in [-0.1, -0.05) is 62.6 Å².